The lowest BCUT2D eigenvalue weighted by Crippen LogP contribution is -2.73. The van der Waals surface area contributed by atoms with Crippen LogP contribution in [0.4, 0.5) is 9.59 Å². The van der Waals surface area contributed by atoms with Crippen molar-refractivity contribution in [2.75, 3.05) is 26.2 Å². The lowest BCUT2D eigenvalue weighted by atomic mass is 9.85. The van der Waals surface area contributed by atoms with Crippen LogP contribution in [0.5, 0.6) is 0 Å². The molecular weight excluding hydrogens is 498 g/mol. The predicted molar refractivity (Wildman–Crippen MR) is 135 cm³/mol. The number of hydrogen-bond acceptors (Lipinski definition) is 8. The zero-order chi connectivity index (χ0) is 26.8. The van der Waals surface area contributed by atoms with Gasteiger partial charge in [-0.3, -0.25) is 4.90 Å². The maximum Gasteiger partial charge on any atom is 0.422 e. The predicted octanol–water partition coefficient (Wildman–Crippen LogP) is 2.47. The number of piperidine rings is 1. The number of carbonyl (C=O) groups is 2. The van der Waals surface area contributed by atoms with Crippen molar-refractivity contribution in [1.29, 1.82) is 5.26 Å². The summed E-state index contributed by atoms with van der Waals surface area (Å²) in [5.41, 5.74) is -0.256. The van der Waals surface area contributed by atoms with Crippen LogP contribution in [-0.4, -0.2) is 79.3 Å². The second-order valence-corrected chi connectivity index (χ2v) is 12.7. The number of nitriles is 1. The average Bonchev–Trinajstić information content (AvgIpc) is 3.54. The maximum atomic E-state index is 12.6. The van der Waals surface area contributed by atoms with Gasteiger partial charge in [-0.05, 0) is 45.6 Å². The minimum Gasteiger partial charge on any atom is -0.446 e. The minimum absolute atomic E-state index is 0.0890. The third-order valence-corrected chi connectivity index (χ3v) is 8.37. The van der Waals surface area contributed by atoms with Crippen LogP contribution >= 0.6 is 0 Å². The number of alkyl carbamates (subject to hydrolysis) is 1. The zero-order valence-electron chi connectivity index (χ0n) is 21.5. The molecule has 12 heteroatoms. The summed E-state index contributed by atoms with van der Waals surface area (Å²) in [7, 11) is -4.09. The van der Waals surface area contributed by atoms with Crippen molar-refractivity contribution in [3.8, 4) is 6.07 Å². The van der Waals surface area contributed by atoms with Gasteiger partial charge in [0.1, 0.15) is 11.7 Å². The molecule has 2 heterocycles. The van der Waals surface area contributed by atoms with Crippen LogP contribution in [0.1, 0.15) is 57.9 Å². The summed E-state index contributed by atoms with van der Waals surface area (Å²) in [6, 6.07) is 12.3. The van der Waals surface area contributed by atoms with Crippen molar-refractivity contribution < 1.29 is 27.5 Å². The lowest BCUT2D eigenvalue weighted by molar-refractivity contribution is -0.0463. The largest absolute Gasteiger partial charge is 0.446 e. The molecular formula is C25H35N5O6S. The molecule has 1 saturated carbocycles. The first-order valence-electron chi connectivity index (χ1n) is 12.6. The van der Waals surface area contributed by atoms with Gasteiger partial charge in [0.05, 0.1) is 18.0 Å². The molecule has 3 aliphatic rings. The van der Waals surface area contributed by atoms with Crippen molar-refractivity contribution in [3.63, 3.8) is 0 Å². The van der Waals surface area contributed by atoms with E-state index in [1.807, 2.05) is 22.9 Å². The molecule has 11 nitrogen and oxygen atoms in total. The number of ether oxygens (including phenoxy) is 2. The summed E-state index contributed by atoms with van der Waals surface area (Å²) >= 11 is 0. The van der Waals surface area contributed by atoms with E-state index in [9.17, 15) is 23.3 Å². The quantitative estimate of drug-likeness (QED) is 0.545. The normalized spacial score (nSPS) is 24.3. The summed E-state index contributed by atoms with van der Waals surface area (Å²) in [5.74, 6) is 0.323. The molecule has 1 aliphatic carbocycles. The Balaban J connectivity index is 1.23. The van der Waals surface area contributed by atoms with Crippen molar-refractivity contribution in [3.05, 3.63) is 35.9 Å². The van der Waals surface area contributed by atoms with Gasteiger partial charge in [-0.15, -0.1) is 0 Å². The van der Waals surface area contributed by atoms with E-state index in [-0.39, 0.29) is 31.7 Å². The van der Waals surface area contributed by atoms with Gasteiger partial charge in [0, 0.05) is 38.1 Å². The van der Waals surface area contributed by atoms with Gasteiger partial charge in [0.2, 0.25) is 0 Å². The molecule has 2 amide bonds. The molecule has 0 spiro atoms. The smallest absolute Gasteiger partial charge is 0.422 e. The molecule has 2 saturated heterocycles. The first-order valence-corrected chi connectivity index (χ1v) is 14.0. The monoisotopic (exact) mass is 533 g/mol. The summed E-state index contributed by atoms with van der Waals surface area (Å²) < 4.78 is 39.0. The van der Waals surface area contributed by atoms with E-state index in [0.717, 1.165) is 10.7 Å². The maximum absolute atomic E-state index is 12.6. The van der Waals surface area contributed by atoms with E-state index in [1.165, 1.54) is 5.56 Å². The number of hydrogen-bond donors (Lipinski definition) is 2. The van der Waals surface area contributed by atoms with Gasteiger partial charge < -0.3 is 14.8 Å². The average molecular weight is 534 g/mol. The molecule has 202 valence electrons. The molecule has 2 N–H and O–H groups in total. The molecule has 3 fully saturated rings. The molecule has 4 rings (SSSR count). The van der Waals surface area contributed by atoms with Crippen LogP contribution in [0, 0.1) is 11.3 Å². The first-order chi connectivity index (χ1) is 17.4. The topological polar surface area (TPSA) is 141 Å². The number of nitrogens with one attached hydrogen (secondary N) is 2. The van der Waals surface area contributed by atoms with Gasteiger partial charge in [-0.1, -0.05) is 30.3 Å². The molecule has 2 atom stereocenters. The number of likely N-dealkylation sites (tertiary alicyclic amines) is 1. The number of nitrogens with zero attached hydrogens (tertiary/aromatic N) is 3. The number of benzene rings is 1. The highest BCUT2D eigenvalue weighted by atomic mass is 32.2. The van der Waals surface area contributed by atoms with Gasteiger partial charge in [-0.2, -0.15) is 18.0 Å². The highest BCUT2D eigenvalue weighted by Crippen LogP contribution is 2.41. The number of amides is 2. The molecule has 1 aromatic rings. The van der Waals surface area contributed by atoms with Crippen LogP contribution in [-0.2, 0) is 19.7 Å². The van der Waals surface area contributed by atoms with Gasteiger partial charge in [0.15, 0.2) is 0 Å². The minimum atomic E-state index is -4.09. The Morgan fingerprint density at radius 3 is 2.38 bits per heavy atom. The molecule has 0 radical (unpaired) electrons. The lowest BCUT2D eigenvalue weighted by Gasteiger charge is -2.55. The van der Waals surface area contributed by atoms with Crippen LogP contribution < -0.4 is 10.0 Å². The number of carbonyl (C=O) groups excluding carboxylic acids is 2. The van der Waals surface area contributed by atoms with Crippen LogP contribution in [0.3, 0.4) is 0 Å². The Hall–Kier alpha value is -2.88. The summed E-state index contributed by atoms with van der Waals surface area (Å²) in [5, 5.41) is 12.4. The Morgan fingerprint density at radius 1 is 1.14 bits per heavy atom. The summed E-state index contributed by atoms with van der Waals surface area (Å²) in [4.78, 5) is 26.4. The van der Waals surface area contributed by atoms with Crippen molar-refractivity contribution in [1.82, 2.24) is 19.2 Å². The Morgan fingerprint density at radius 2 is 1.78 bits per heavy atom. The van der Waals surface area contributed by atoms with Gasteiger partial charge in [-0.25, -0.2) is 14.3 Å². The first kappa shape index (κ1) is 27.2. The highest BCUT2D eigenvalue weighted by Gasteiger charge is 2.53. The Kier molecular flexibility index (Phi) is 7.69. The molecule has 1 aromatic carbocycles. The van der Waals surface area contributed by atoms with Crippen molar-refractivity contribution in [2.45, 2.75) is 75.7 Å². The third-order valence-electron chi connectivity index (χ3n) is 7.01. The van der Waals surface area contributed by atoms with Gasteiger partial charge >= 0.3 is 22.4 Å². The van der Waals surface area contributed by atoms with Crippen LogP contribution in [0.25, 0.3) is 0 Å². The zero-order valence-corrected chi connectivity index (χ0v) is 22.3. The second kappa shape index (κ2) is 10.5. The molecule has 0 unspecified atom stereocenters. The standard InChI is InChI=1S/C25H35N5O6S/c1-24(2,3)36-23(32)28-37(33,34)30-16-25(17-30,11-12-26)29-13-9-19(10-14-29)35-22(31)27-21-15-20(21)18-7-5-4-6-8-18/h4-8,19-21H,9-11,13-17H2,1-3H3,(H,27,31)(H,28,32)/t20-,21+/m0/s1. The highest BCUT2D eigenvalue weighted by molar-refractivity contribution is 7.87. The van der Waals surface area contributed by atoms with E-state index < -0.39 is 33.5 Å². The van der Waals surface area contributed by atoms with Crippen LogP contribution in [0.2, 0.25) is 0 Å². The van der Waals surface area contributed by atoms with E-state index in [0.29, 0.717) is 31.8 Å². The van der Waals surface area contributed by atoms with Gasteiger partial charge in [0.25, 0.3) is 0 Å². The molecule has 2 aliphatic heterocycles. The van der Waals surface area contributed by atoms with E-state index >= 15 is 0 Å². The fourth-order valence-corrected chi connectivity index (χ4v) is 6.23. The fourth-order valence-electron chi connectivity index (χ4n) is 5.03. The molecule has 37 heavy (non-hydrogen) atoms. The summed E-state index contributed by atoms with van der Waals surface area (Å²) in [6.07, 6.45) is 0.548. The van der Waals surface area contributed by atoms with Crippen molar-refractivity contribution >= 4 is 22.4 Å². The van der Waals surface area contributed by atoms with Crippen molar-refractivity contribution in [2.24, 2.45) is 0 Å². The molecule has 0 bridgehead atoms. The van der Waals surface area contributed by atoms with Crippen LogP contribution in [0.15, 0.2) is 30.3 Å². The van der Waals surface area contributed by atoms with E-state index in [1.54, 1.807) is 20.8 Å². The van der Waals surface area contributed by atoms with E-state index in [2.05, 4.69) is 28.4 Å². The molecule has 0 aromatic heterocycles. The Bertz CT molecular complexity index is 1130. The summed E-state index contributed by atoms with van der Waals surface area (Å²) in [6.45, 7) is 6.26. The second-order valence-electron chi connectivity index (χ2n) is 11.0. The SMILES string of the molecule is CC(C)(C)OC(=O)NS(=O)(=O)N1CC(CC#N)(N2CCC(OC(=O)N[C@@H]3C[C@H]3c3ccccc3)CC2)C1. The number of rotatable bonds is 7. The third kappa shape index (κ3) is 6.71. The fraction of sp³-hybridized carbons (Fsp3) is 0.640. The Labute approximate surface area is 218 Å². The van der Waals surface area contributed by atoms with E-state index in [4.69, 9.17) is 9.47 Å².